The molecule has 1 rings (SSSR count). The Balaban J connectivity index is 2.99. The van der Waals surface area contributed by atoms with Crippen molar-refractivity contribution in [3.05, 3.63) is 40.9 Å². The van der Waals surface area contributed by atoms with Crippen molar-refractivity contribution in [1.29, 1.82) is 0 Å². The van der Waals surface area contributed by atoms with Crippen LogP contribution in [0.15, 0.2) is 30.3 Å². The molecule has 0 spiro atoms. The maximum absolute atomic E-state index is 10.6. The van der Waals surface area contributed by atoms with Gasteiger partial charge < -0.3 is 5.11 Å². The van der Waals surface area contributed by atoms with Crippen LogP contribution in [0.4, 0.5) is 0 Å². The summed E-state index contributed by atoms with van der Waals surface area (Å²) >= 11 is 5.76. The molecule has 0 aliphatic heterocycles. The second kappa shape index (κ2) is 5.56. The Morgan fingerprint density at radius 2 is 2.00 bits per heavy atom. The third-order valence-electron chi connectivity index (χ3n) is 2.03. The van der Waals surface area contributed by atoms with Gasteiger partial charge in [0.15, 0.2) is 0 Å². The van der Waals surface area contributed by atoms with E-state index in [0.717, 1.165) is 24.0 Å². The van der Waals surface area contributed by atoms with Gasteiger partial charge in [0.25, 0.3) is 0 Å². The molecule has 1 N–H and O–H groups in total. The van der Waals surface area contributed by atoms with Crippen molar-refractivity contribution < 1.29 is 9.90 Å². The summed E-state index contributed by atoms with van der Waals surface area (Å²) in [6, 6.07) is 7.21. The van der Waals surface area contributed by atoms with Gasteiger partial charge in [0, 0.05) is 11.1 Å². The number of carbonyl (C=O) groups is 1. The molecule has 0 aromatic heterocycles. The number of hydrogen-bond acceptors (Lipinski definition) is 1. The molecule has 1 aromatic rings. The van der Waals surface area contributed by atoms with Gasteiger partial charge in [-0.05, 0) is 29.7 Å². The zero-order chi connectivity index (χ0) is 11.3. The molecule has 0 unspecified atom stereocenters. The second-order valence-corrected chi connectivity index (χ2v) is 3.70. The van der Waals surface area contributed by atoms with E-state index in [1.54, 1.807) is 12.1 Å². The average molecular weight is 225 g/mol. The number of aliphatic carboxylic acids is 1. The van der Waals surface area contributed by atoms with Crippen LogP contribution in [0, 0.1) is 0 Å². The van der Waals surface area contributed by atoms with Gasteiger partial charge >= 0.3 is 5.97 Å². The topological polar surface area (TPSA) is 37.3 Å². The fourth-order valence-electron chi connectivity index (χ4n) is 1.38. The predicted octanol–water partition coefficient (Wildman–Crippen LogP) is 3.61. The summed E-state index contributed by atoms with van der Waals surface area (Å²) in [7, 11) is 0. The number of hydrogen-bond donors (Lipinski definition) is 1. The molecule has 0 aliphatic rings. The molecule has 3 heteroatoms. The summed E-state index contributed by atoms with van der Waals surface area (Å²) in [5.74, 6) is -0.909. The zero-order valence-electron chi connectivity index (χ0n) is 8.53. The number of carboxylic acids is 1. The minimum Gasteiger partial charge on any atom is -0.478 e. The molecular formula is C12H13ClO2. The molecule has 0 heterocycles. The highest BCUT2D eigenvalue weighted by atomic mass is 35.5. The Hall–Kier alpha value is -1.28. The average Bonchev–Trinajstić information content (AvgIpc) is 2.17. The van der Waals surface area contributed by atoms with Gasteiger partial charge in [0.1, 0.15) is 0 Å². The van der Waals surface area contributed by atoms with Gasteiger partial charge in [0.05, 0.1) is 0 Å². The fourth-order valence-corrected chi connectivity index (χ4v) is 1.51. The summed E-state index contributed by atoms with van der Waals surface area (Å²) in [5, 5.41) is 9.38. The molecule has 1 aromatic carbocycles. The van der Waals surface area contributed by atoms with Crippen LogP contribution >= 0.6 is 11.6 Å². The Bertz CT molecular complexity index is 366. The van der Waals surface area contributed by atoms with Crippen molar-refractivity contribution in [2.75, 3.05) is 0 Å². The minimum absolute atomic E-state index is 0.657. The second-order valence-electron chi connectivity index (χ2n) is 3.26. The molecule has 0 bridgehead atoms. The standard InChI is InChI=1S/C12H13ClO2/c1-2-3-10(8-12(14)15)9-4-6-11(13)7-5-9/h4-8H,2-3H2,1H3,(H,14,15). The number of rotatable bonds is 4. The van der Waals surface area contributed by atoms with Crippen LogP contribution in [0.5, 0.6) is 0 Å². The van der Waals surface area contributed by atoms with Gasteiger partial charge in [0.2, 0.25) is 0 Å². The van der Waals surface area contributed by atoms with Crippen LogP contribution < -0.4 is 0 Å². The van der Waals surface area contributed by atoms with Crippen LogP contribution in [0.2, 0.25) is 5.02 Å². The van der Waals surface area contributed by atoms with Crippen molar-refractivity contribution in [1.82, 2.24) is 0 Å². The Labute approximate surface area is 94.2 Å². The third kappa shape index (κ3) is 3.76. The Kier molecular flexibility index (Phi) is 4.37. The van der Waals surface area contributed by atoms with E-state index in [9.17, 15) is 4.79 Å². The first-order chi connectivity index (χ1) is 7.13. The molecule has 0 atom stereocenters. The maximum atomic E-state index is 10.6. The highest BCUT2D eigenvalue weighted by Crippen LogP contribution is 2.21. The third-order valence-corrected chi connectivity index (χ3v) is 2.28. The van der Waals surface area contributed by atoms with Gasteiger partial charge in [-0.25, -0.2) is 4.79 Å². The maximum Gasteiger partial charge on any atom is 0.328 e. The van der Waals surface area contributed by atoms with Gasteiger partial charge in [-0.15, -0.1) is 0 Å². The smallest absolute Gasteiger partial charge is 0.328 e. The van der Waals surface area contributed by atoms with Crippen LogP contribution in [-0.2, 0) is 4.79 Å². The van der Waals surface area contributed by atoms with E-state index in [4.69, 9.17) is 16.7 Å². The van der Waals surface area contributed by atoms with Crippen molar-refractivity contribution in [3.8, 4) is 0 Å². The number of benzene rings is 1. The first-order valence-corrected chi connectivity index (χ1v) is 5.20. The summed E-state index contributed by atoms with van der Waals surface area (Å²) < 4.78 is 0. The van der Waals surface area contributed by atoms with E-state index < -0.39 is 5.97 Å². The molecule has 0 aliphatic carbocycles. The van der Waals surface area contributed by atoms with E-state index in [1.165, 1.54) is 6.08 Å². The van der Waals surface area contributed by atoms with Crippen molar-refractivity contribution in [2.24, 2.45) is 0 Å². The SMILES string of the molecule is CCCC(=CC(=O)O)c1ccc(Cl)cc1. The van der Waals surface area contributed by atoms with E-state index in [2.05, 4.69) is 0 Å². The normalized spacial score (nSPS) is 11.5. The zero-order valence-corrected chi connectivity index (χ0v) is 9.29. The van der Waals surface area contributed by atoms with Gasteiger partial charge in [-0.1, -0.05) is 37.1 Å². The molecule has 0 radical (unpaired) electrons. The van der Waals surface area contributed by atoms with Crippen LogP contribution in [0.1, 0.15) is 25.3 Å². The summed E-state index contributed by atoms with van der Waals surface area (Å²) in [5.41, 5.74) is 1.75. The number of halogens is 1. The van der Waals surface area contributed by atoms with Crippen molar-refractivity contribution >= 4 is 23.1 Å². The predicted molar refractivity (Wildman–Crippen MR) is 62.0 cm³/mol. The summed E-state index contributed by atoms with van der Waals surface area (Å²) in [6.45, 7) is 2.02. The highest BCUT2D eigenvalue weighted by molar-refractivity contribution is 6.30. The number of allylic oxidation sites excluding steroid dienone is 1. The highest BCUT2D eigenvalue weighted by Gasteiger charge is 2.03. The lowest BCUT2D eigenvalue weighted by Gasteiger charge is -2.05. The van der Waals surface area contributed by atoms with E-state index in [0.29, 0.717) is 5.02 Å². The van der Waals surface area contributed by atoms with Crippen molar-refractivity contribution in [2.45, 2.75) is 19.8 Å². The lowest BCUT2D eigenvalue weighted by atomic mass is 10.0. The van der Waals surface area contributed by atoms with Crippen LogP contribution in [0.3, 0.4) is 0 Å². The lowest BCUT2D eigenvalue weighted by molar-refractivity contribution is -0.131. The molecule has 0 saturated heterocycles. The van der Waals surface area contributed by atoms with Crippen LogP contribution in [0.25, 0.3) is 5.57 Å². The van der Waals surface area contributed by atoms with Gasteiger partial charge in [-0.3, -0.25) is 0 Å². The molecule has 15 heavy (non-hydrogen) atoms. The Morgan fingerprint density at radius 1 is 1.40 bits per heavy atom. The quantitative estimate of drug-likeness (QED) is 0.794. The number of carboxylic acid groups (broad SMARTS) is 1. The minimum atomic E-state index is -0.909. The van der Waals surface area contributed by atoms with Crippen LogP contribution in [-0.4, -0.2) is 11.1 Å². The van der Waals surface area contributed by atoms with E-state index in [1.807, 2.05) is 19.1 Å². The van der Waals surface area contributed by atoms with Gasteiger partial charge in [-0.2, -0.15) is 0 Å². The molecule has 80 valence electrons. The fraction of sp³-hybridized carbons (Fsp3) is 0.250. The molecule has 2 nitrogen and oxygen atoms in total. The summed E-state index contributed by atoms with van der Waals surface area (Å²) in [6.07, 6.45) is 2.93. The molecule has 0 saturated carbocycles. The van der Waals surface area contributed by atoms with E-state index in [-0.39, 0.29) is 0 Å². The van der Waals surface area contributed by atoms with E-state index >= 15 is 0 Å². The first-order valence-electron chi connectivity index (χ1n) is 4.83. The monoisotopic (exact) mass is 224 g/mol. The molecule has 0 amide bonds. The summed E-state index contributed by atoms with van der Waals surface area (Å²) in [4.78, 5) is 10.6. The molecule has 0 fully saturated rings. The van der Waals surface area contributed by atoms with Crippen molar-refractivity contribution in [3.63, 3.8) is 0 Å². The first kappa shape index (κ1) is 11.8. The largest absolute Gasteiger partial charge is 0.478 e. The lowest BCUT2D eigenvalue weighted by Crippen LogP contribution is -1.92. The molecular weight excluding hydrogens is 212 g/mol. The Morgan fingerprint density at radius 3 is 2.47 bits per heavy atom.